The van der Waals surface area contributed by atoms with Gasteiger partial charge in [-0.3, -0.25) is 14.4 Å². The molecule has 1 unspecified atom stereocenters. The maximum absolute atomic E-state index is 12.9. The Bertz CT molecular complexity index is 1370. The molecule has 0 bridgehead atoms. The highest BCUT2D eigenvalue weighted by atomic mass is 16.6. The Morgan fingerprint density at radius 2 is 0.439 bits per heavy atom. The van der Waals surface area contributed by atoms with Gasteiger partial charge < -0.3 is 14.2 Å². The van der Waals surface area contributed by atoms with E-state index in [1.807, 2.05) is 0 Å². The van der Waals surface area contributed by atoms with Gasteiger partial charge in [0.15, 0.2) is 6.10 Å². The number of hydrogen-bond acceptors (Lipinski definition) is 6. The minimum atomic E-state index is -0.770. The zero-order valence-corrected chi connectivity index (χ0v) is 55.5. The SMILES string of the molecule is CCCCCCC/C=C\C/C=C\C/C=C\CCCCCCCCCCCCC(=O)OC(COC(=O)CCCCCCCCC)COC(=O)CCCCCCCCCCCCCCCCCCCCCCCCCCCCCCCCCC. The molecule has 0 aromatic rings. The van der Waals surface area contributed by atoms with Crippen LogP contribution in [0.25, 0.3) is 0 Å². The van der Waals surface area contributed by atoms with Crippen molar-refractivity contribution >= 4 is 17.9 Å². The molecule has 6 nitrogen and oxygen atoms in total. The Morgan fingerprint density at radius 1 is 0.244 bits per heavy atom. The van der Waals surface area contributed by atoms with Crippen molar-refractivity contribution < 1.29 is 28.6 Å². The smallest absolute Gasteiger partial charge is 0.306 e. The Kier molecular flexibility index (Phi) is 69.1. The fraction of sp³-hybridized carbons (Fsp3) is 0.882. The summed E-state index contributed by atoms with van der Waals surface area (Å²) in [5, 5.41) is 0. The number of carbonyl (C=O) groups is 3. The summed E-state index contributed by atoms with van der Waals surface area (Å²) in [6, 6.07) is 0. The van der Waals surface area contributed by atoms with Gasteiger partial charge in [-0.15, -0.1) is 0 Å². The molecule has 0 rings (SSSR count). The van der Waals surface area contributed by atoms with Crippen LogP contribution in [0.4, 0.5) is 0 Å². The fourth-order valence-electron chi connectivity index (χ4n) is 11.3. The Morgan fingerprint density at radius 3 is 0.683 bits per heavy atom. The van der Waals surface area contributed by atoms with Gasteiger partial charge in [0.05, 0.1) is 0 Å². The first-order chi connectivity index (χ1) is 40.5. The molecule has 82 heavy (non-hydrogen) atoms. The van der Waals surface area contributed by atoms with Crippen molar-refractivity contribution in [3.8, 4) is 0 Å². The fourth-order valence-corrected chi connectivity index (χ4v) is 11.3. The number of esters is 3. The van der Waals surface area contributed by atoms with Gasteiger partial charge in [-0.05, 0) is 57.8 Å². The lowest BCUT2D eigenvalue weighted by molar-refractivity contribution is -0.167. The van der Waals surface area contributed by atoms with Crippen molar-refractivity contribution in [1.29, 1.82) is 0 Å². The highest BCUT2D eigenvalue weighted by Crippen LogP contribution is 2.19. The standard InChI is InChI=1S/C76H142O6/c1-4-7-10-13-16-18-20-22-24-26-28-30-32-34-35-36-37-38-39-40-42-43-45-47-49-51-53-55-57-60-63-66-69-75(78)81-72-73(71-80-74(77)68-65-62-59-15-12-9-6-3)82-76(79)70-67-64-61-58-56-54-52-50-48-46-44-41-33-31-29-27-25-23-21-19-17-14-11-8-5-2/h21,23,27,29,33,41,73H,4-20,22,24-26,28,30-32,34-40,42-72H2,1-3H3/b23-21-,29-27-,41-33-. The summed E-state index contributed by atoms with van der Waals surface area (Å²) in [6.45, 7) is 6.65. The van der Waals surface area contributed by atoms with Gasteiger partial charge in [0.25, 0.3) is 0 Å². The van der Waals surface area contributed by atoms with Crippen LogP contribution in [-0.4, -0.2) is 37.2 Å². The van der Waals surface area contributed by atoms with E-state index >= 15 is 0 Å². The number of hydrogen-bond donors (Lipinski definition) is 0. The maximum atomic E-state index is 12.9. The molecular formula is C76H142O6. The molecule has 0 aliphatic carbocycles. The molecule has 0 saturated heterocycles. The average Bonchev–Trinajstić information content (AvgIpc) is 3.48. The van der Waals surface area contributed by atoms with Crippen molar-refractivity contribution in [1.82, 2.24) is 0 Å². The largest absolute Gasteiger partial charge is 0.462 e. The summed E-state index contributed by atoms with van der Waals surface area (Å²) in [5.41, 5.74) is 0. The summed E-state index contributed by atoms with van der Waals surface area (Å²) < 4.78 is 16.9. The highest BCUT2D eigenvalue weighted by molar-refractivity contribution is 5.71. The second kappa shape index (κ2) is 71.1. The normalized spacial score (nSPS) is 12.2. The summed E-state index contributed by atoms with van der Waals surface area (Å²) >= 11 is 0. The Hall–Kier alpha value is -2.37. The summed E-state index contributed by atoms with van der Waals surface area (Å²) in [6.07, 6.45) is 89.4. The van der Waals surface area contributed by atoms with Crippen molar-refractivity contribution in [2.75, 3.05) is 13.2 Å². The molecule has 0 spiro atoms. The monoisotopic (exact) mass is 1150 g/mol. The molecule has 0 radical (unpaired) electrons. The van der Waals surface area contributed by atoms with Crippen molar-refractivity contribution in [2.24, 2.45) is 0 Å². The third-order valence-electron chi connectivity index (χ3n) is 16.9. The zero-order valence-electron chi connectivity index (χ0n) is 55.5. The van der Waals surface area contributed by atoms with Gasteiger partial charge in [-0.2, -0.15) is 0 Å². The number of unbranched alkanes of at least 4 members (excludes halogenated alkanes) is 52. The molecule has 0 amide bonds. The molecular weight excluding hydrogens is 1010 g/mol. The van der Waals surface area contributed by atoms with E-state index in [0.29, 0.717) is 19.3 Å². The first kappa shape index (κ1) is 79.6. The zero-order chi connectivity index (χ0) is 59.2. The molecule has 0 heterocycles. The molecule has 0 aromatic heterocycles. The van der Waals surface area contributed by atoms with Crippen molar-refractivity contribution in [3.63, 3.8) is 0 Å². The van der Waals surface area contributed by atoms with Gasteiger partial charge in [0, 0.05) is 19.3 Å². The third kappa shape index (κ3) is 68.4. The molecule has 6 heteroatoms. The van der Waals surface area contributed by atoms with Crippen LogP contribution in [0.2, 0.25) is 0 Å². The molecule has 0 N–H and O–H groups in total. The van der Waals surface area contributed by atoms with E-state index in [4.69, 9.17) is 14.2 Å². The van der Waals surface area contributed by atoms with E-state index in [1.54, 1.807) is 0 Å². The number of ether oxygens (including phenoxy) is 3. The average molecular weight is 1150 g/mol. The first-order valence-corrected chi connectivity index (χ1v) is 37.0. The Balaban J connectivity index is 3.99. The molecule has 482 valence electrons. The van der Waals surface area contributed by atoms with E-state index in [1.165, 1.54) is 302 Å². The van der Waals surface area contributed by atoms with Crippen LogP contribution in [0.1, 0.15) is 412 Å². The van der Waals surface area contributed by atoms with Crippen LogP contribution in [0, 0.1) is 0 Å². The summed E-state index contributed by atoms with van der Waals surface area (Å²) in [7, 11) is 0. The molecule has 0 saturated carbocycles. The van der Waals surface area contributed by atoms with Gasteiger partial charge in [-0.25, -0.2) is 0 Å². The summed E-state index contributed by atoms with van der Waals surface area (Å²) in [5.74, 6) is -0.853. The molecule has 0 fully saturated rings. The molecule has 0 aliphatic heterocycles. The van der Waals surface area contributed by atoms with Gasteiger partial charge >= 0.3 is 17.9 Å². The van der Waals surface area contributed by atoms with Crippen molar-refractivity contribution in [3.05, 3.63) is 36.5 Å². The Labute approximate surface area is 512 Å². The lowest BCUT2D eigenvalue weighted by Crippen LogP contribution is -2.30. The van der Waals surface area contributed by atoms with E-state index in [0.717, 1.165) is 70.6 Å². The van der Waals surface area contributed by atoms with Crippen LogP contribution >= 0.6 is 0 Å². The topological polar surface area (TPSA) is 78.9 Å². The summed E-state index contributed by atoms with van der Waals surface area (Å²) in [4.78, 5) is 38.2. The van der Waals surface area contributed by atoms with Crippen LogP contribution < -0.4 is 0 Å². The van der Waals surface area contributed by atoms with E-state index in [2.05, 4.69) is 57.2 Å². The van der Waals surface area contributed by atoms with E-state index < -0.39 is 6.10 Å². The predicted molar refractivity (Wildman–Crippen MR) is 358 cm³/mol. The highest BCUT2D eigenvalue weighted by Gasteiger charge is 2.19. The minimum absolute atomic E-state index is 0.0686. The van der Waals surface area contributed by atoms with Gasteiger partial charge in [-0.1, -0.05) is 372 Å². The van der Waals surface area contributed by atoms with Crippen LogP contribution in [0.5, 0.6) is 0 Å². The maximum Gasteiger partial charge on any atom is 0.306 e. The minimum Gasteiger partial charge on any atom is -0.462 e. The number of rotatable bonds is 69. The first-order valence-electron chi connectivity index (χ1n) is 37.0. The lowest BCUT2D eigenvalue weighted by Gasteiger charge is -2.18. The number of carbonyl (C=O) groups excluding carboxylic acids is 3. The molecule has 0 aliphatic rings. The van der Waals surface area contributed by atoms with Gasteiger partial charge in [0.2, 0.25) is 0 Å². The molecule has 1 atom stereocenters. The second-order valence-corrected chi connectivity index (χ2v) is 25.2. The number of allylic oxidation sites excluding steroid dienone is 6. The lowest BCUT2D eigenvalue weighted by atomic mass is 10.0. The quantitative estimate of drug-likeness (QED) is 0.0261. The van der Waals surface area contributed by atoms with Crippen molar-refractivity contribution in [2.45, 2.75) is 419 Å². The van der Waals surface area contributed by atoms with E-state index in [9.17, 15) is 14.4 Å². The van der Waals surface area contributed by atoms with Crippen LogP contribution in [0.15, 0.2) is 36.5 Å². The predicted octanol–water partition coefficient (Wildman–Crippen LogP) is 25.5. The van der Waals surface area contributed by atoms with Gasteiger partial charge in [0.1, 0.15) is 13.2 Å². The molecule has 0 aromatic carbocycles. The van der Waals surface area contributed by atoms with Crippen LogP contribution in [0.3, 0.4) is 0 Å². The van der Waals surface area contributed by atoms with Crippen LogP contribution in [-0.2, 0) is 28.6 Å². The third-order valence-corrected chi connectivity index (χ3v) is 16.9. The second-order valence-electron chi connectivity index (χ2n) is 25.2. The van der Waals surface area contributed by atoms with E-state index in [-0.39, 0.29) is 31.1 Å².